The second-order valence-corrected chi connectivity index (χ2v) is 6.17. The first-order valence-electron chi connectivity index (χ1n) is 6.25. The van der Waals surface area contributed by atoms with Crippen molar-refractivity contribution in [1.82, 2.24) is 15.3 Å². The number of rotatable bonds is 6. The molecule has 0 aromatic carbocycles. The SMILES string of the molecule is O=S(=O)(Nc1ncccn1)c1ccc(CNC2CC2)o1. The minimum absolute atomic E-state index is 0.0153. The molecule has 3 rings (SSSR count). The third-order valence-electron chi connectivity index (χ3n) is 2.84. The number of furan rings is 1. The van der Waals surface area contributed by atoms with Crippen LogP contribution in [0.1, 0.15) is 18.6 Å². The average Bonchev–Trinajstić information content (AvgIpc) is 3.13. The molecule has 7 nitrogen and oxygen atoms in total. The highest BCUT2D eigenvalue weighted by Gasteiger charge is 2.22. The molecule has 0 spiro atoms. The van der Waals surface area contributed by atoms with Crippen LogP contribution in [0.25, 0.3) is 0 Å². The van der Waals surface area contributed by atoms with E-state index in [9.17, 15) is 8.42 Å². The van der Waals surface area contributed by atoms with Gasteiger partial charge in [-0.2, -0.15) is 8.42 Å². The van der Waals surface area contributed by atoms with E-state index < -0.39 is 10.0 Å². The van der Waals surface area contributed by atoms with Crippen LogP contribution < -0.4 is 10.0 Å². The van der Waals surface area contributed by atoms with Gasteiger partial charge in [-0.1, -0.05) is 0 Å². The summed E-state index contributed by atoms with van der Waals surface area (Å²) in [5.41, 5.74) is 0. The van der Waals surface area contributed by atoms with E-state index in [0.29, 0.717) is 18.3 Å². The summed E-state index contributed by atoms with van der Waals surface area (Å²) in [6.07, 6.45) is 5.24. The molecule has 2 N–H and O–H groups in total. The van der Waals surface area contributed by atoms with Crippen molar-refractivity contribution >= 4 is 16.0 Å². The molecule has 8 heteroatoms. The Morgan fingerprint density at radius 1 is 1.25 bits per heavy atom. The minimum atomic E-state index is -3.78. The van der Waals surface area contributed by atoms with Crippen molar-refractivity contribution in [1.29, 1.82) is 0 Å². The first-order chi connectivity index (χ1) is 9.63. The van der Waals surface area contributed by atoms with Gasteiger partial charge in [0, 0.05) is 18.4 Å². The molecule has 1 fully saturated rings. The lowest BCUT2D eigenvalue weighted by molar-refractivity contribution is 0.403. The first-order valence-corrected chi connectivity index (χ1v) is 7.74. The molecular formula is C12H14N4O3S. The molecule has 2 heterocycles. The fraction of sp³-hybridized carbons (Fsp3) is 0.333. The molecule has 0 aliphatic heterocycles. The summed E-state index contributed by atoms with van der Waals surface area (Å²) in [6.45, 7) is 0.530. The van der Waals surface area contributed by atoms with E-state index in [0.717, 1.165) is 0 Å². The zero-order chi connectivity index (χ0) is 14.0. The Balaban J connectivity index is 1.70. The Morgan fingerprint density at radius 2 is 2.00 bits per heavy atom. The van der Waals surface area contributed by atoms with Crippen molar-refractivity contribution in [2.75, 3.05) is 4.72 Å². The highest BCUT2D eigenvalue weighted by atomic mass is 32.2. The van der Waals surface area contributed by atoms with Crippen molar-refractivity contribution in [3.63, 3.8) is 0 Å². The molecule has 20 heavy (non-hydrogen) atoms. The second kappa shape index (κ2) is 5.22. The minimum Gasteiger partial charge on any atom is -0.446 e. The molecule has 0 bridgehead atoms. The average molecular weight is 294 g/mol. The Bertz CT molecular complexity index is 680. The summed E-state index contributed by atoms with van der Waals surface area (Å²) in [5.74, 6) is 0.604. The summed E-state index contributed by atoms with van der Waals surface area (Å²) in [5, 5.41) is 3.11. The van der Waals surface area contributed by atoms with E-state index in [-0.39, 0.29) is 11.0 Å². The van der Waals surface area contributed by atoms with Crippen molar-refractivity contribution in [3.05, 3.63) is 36.4 Å². The second-order valence-electron chi connectivity index (χ2n) is 4.55. The number of nitrogens with zero attached hydrogens (tertiary/aromatic N) is 2. The Kier molecular flexibility index (Phi) is 3.41. The normalized spacial score (nSPS) is 15.2. The van der Waals surface area contributed by atoms with Crippen LogP contribution in [0.5, 0.6) is 0 Å². The van der Waals surface area contributed by atoms with Crippen LogP contribution in [0.2, 0.25) is 0 Å². The molecule has 0 unspecified atom stereocenters. The topological polar surface area (TPSA) is 97.1 Å². The molecule has 0 amide bonds. The van der Waals surface area contributed by atoms with E-state index in [1.165, 1.54) is 31.3 Å². The van der Waals surface area contributed by atoms with Crippen molar-refractivity contribution in [2.45, 2.75) is 30.5 Å². The molecule has 2 aromatic heterocycles. The molecule has 1 saturated carbocycles. The van der Waals surface area contributed by atoms with E-state index in [1.807, 2.05) is 0 Å². The highest BCUT2D eigenvalue weighted by molar-refractivity contribution is 7.92. The zero-order valence-corrected chi connectivity index (χ0v) is 11.4. The monoisotopic (exact) mass is 294 g/mol. The van der Waals surface area contributed by atoms with E-state index in [4.69, 9.17) is 4.42 Å². The third-order valence-corrected chi connectivity index (χ3v) is 4.04. The molecule has 0 radical (unpaired) electrons. The fourth-order valence-electron chi connectivity index (χ4n) is 1.65. The number of sulfonamides is 1. The van der Waals surface area contributed by atoms with Crippen LogP contribution in [-0.2, 0) is 16.6 Å². The zero-order valence-electron chi connectivity index (χ0n) is 10.6. The van der Waals surface area contributed by atoms with Crippen LogP contribution in [0.3, 0.4) is 0 Å². The maximum atomic E-state index is 12.1. The Hall–Kier alpha value is -1.93. The molecule has 0 atom stereocenters. The van der Waals surface area contributed by atoms with Crippen molar-refractivity contribution in [3.8, 4) is 0 Å². The van der Waals surface area contributed by atoms with Gasteiger partial charge in [-0.25, -0.2) is 14.7 Å². The van der Waals surface area contributed by atoms with Gasteiger partial charge in [-0.05, 0) is 31.0 Å². The van der Waals surface area contributed by atoms with Crippen LogP contribution in [0.15, 0.2) is 40.1 Å². The van der Waals surface area contributed by atoms with Crippen molar-refractivity contribution in [2.24, 2.45) is 0 Å². The predicted molar refractivity (Wildman–Crippen MR) is 71.4 cm³/mol. The van der Waals surface area contributed by atoms with Crippen LogP contribution in [0.4, 0.5) is 5.95 Å². The lowest BCUT2D eigenvalue weighted by Crippen LogP contribution is -2.15. The third kappa shape index (κ3) is 3.14. The fourth-order valence-corrected chi connectivity index (χ4v) is 2.56. The van der Waals surface area contributed by atoms with Gasteiger partial charge in [0.1, 0.15) is 5.76 Å². The van der Waals surface area contributed by atoms with Gasteiger partial charge >= 0.3 is 0 Å². The lowest BCUT2D eigenvalue weighted by Gasteiger charge is -2.03. The highest BCUT2D eigenvalue weighted by Crippen LogP contribution is 2.21. The standard InChI is InChI=1S/C12H14N4O3S/c17-20(18,16-12-13-6-1-7-14-12)11-5-4-10(19-11)8-15-9-2-3-9/h1,4-7,9,15H,2-3,8H2,(H,13,14,16). The van der Waals surface area contributed by atoms with Crippen molar-refractivity contribution < 1.29 is 12.8 Å². The van der Waals surface area contributed by atoms with Gasteiger partial charge < -0.3 is 9.73 Å². The largest absolute Gasteiger partial charge is 0.446 e. The van der Waals surface area contributed by atoms with Gasteiger partial charge in [0.25, 0.3) is 10.0 Å². The lowest BCUT2D eigenvalue weighted by atomic mass is 10.4. The van der Waals surface area contributed by atoms with Gasteiger partial charge in [-0.15, -0.1) is 0 Å². The van der Waals surface area contributed by atoms with Crippen LogP contribution in [0, 0.1) is 0 Å². The molecule has 1 aliphatic carbocycles. The maximum Gasteiger partial charge on any atom is 0.297 e. The van der Waals surface area contributed by atoms with Gasteiger partial charge in [-0.3, -0.25) is 0 Å². The Morgan fingerprint density at radius 3 is 2.70 bits per heavy atom. The van der Waals surface area contributed by atoms with E-state index >= 15 is 0 Å². The Labute approximate surface area is 116 Å². The summed E-state index contributed by atoms with van der Waals surface area (Å²) < 4.78 is 31.7. The molecule has 1 aliphatic rings. The predicted octanol–water partition coefficient (Wildman–Crippen LogP) is 1.12. The number of anilines is 1. The van der Waals surface area contributed by atoms with E-state index in [1.54, 1.807) is 12.1 Å². The number of aromatic nitrogens is 2. The first kappa shape index (κ1) is 13.1. The molecule has 106 valence electrons. The number of hydrogen-bond donors (Lipinski definition) is 2. The summed E-state index contributed by atoms with van der Waals surface area (Å²) >= 11 is 0. The van der Waals surface area contributed by atoms with Gasteiger partial charge in [0.2, 0.25) is 11.0 Å². The van der Waals surface area contributed by atoms with Gasteiger partial charge in [0.05, 0.1) is 6.54 Å². The molecular weight excluding hydrogens is 280 g/mol. The van der Waals surface area contributed by atoms with Crippen LogP contribution >= 0.6 is 0 Å². The van der Waals surface area contributed by atoms with Gasteiger partial charge in [0.15, 0.2) is 0 Å². The van der Waals surface area contributed by atoms with Crippen LogP contribution in [-0.4, -0.2) is 24.4 Å². The smallest absolute Gasteiger partial charge is 0.297 e. The molecule has 0 saturated heterocycles. The van der Waals surface area contributed by atoms with E-state index in [2.05, 4.69) is 20.0 Å². The summed E-state index contributed by atoms with van der Waals surface area (Å²) in [6, 6.07) is 5.22. The summed E-state index contributed by atoms with van der Waals surface area (Å²) in [4.78, 5) is 7.62. The molecule has 2 aromatic rings. The summed E-state index contributed by atoms with van der Waals surface area (Å²) in [7, 11) is -3.78. The quantitative estimate of drug-likeness (QED) is 0.828. The maximum absolute atomic E-state index is 12.1. The number of hydrogen-bond acceptors (Lipinski definition) is 6. The number of nitrogens with one attached hydrogen (secondary N) is 2.